The van der Waals surface area contributed by atoms with Gasteiger partial charge < -0.3 is 4.74 Å². The molecule has 2 heterocycles. The molecule has 0 spiro atoms. The second-order valence-electron chi connectivity index (χ2n) is 6.04. The highest BCUT2D eigenvalue weighted by molar-refractivity contribution is 7.99. The third-order valence-electron chi connectivity index (χ3n) is 3.92. The largest absolute Gasteiger partial charge is 0.411 e. The number of ether oxygens (including phenoxy) is 1. The van der Waals surface area contributed by atoms with E-state index in [2.05, 4.69) is 16.6 Å². The topological polar surface area (TPSA) is 44.1 Å². The molecule has 0 unspecified atom stereocenters. The van der Waals surface area contributed by atoms with Crippen LogP contribution in [0.3, 0.4) is 0 Å². The van der Waals surface area contributed by atoms with Crippen molar-refractivity contribution in [1.82, 2.24) is 9.55 Å². The molecular formula is C17H23F3N2O2S2. The molecule has 2 aromatic heterocycles. The summed E-state index contributed by atoms with van der Waals surface area (Å²) in [6.45, 7) is 5.37. The summed E-state index contributed by atoms with van der Waals surface area (Å²) in [5.41, 5.74) is 0.950. The average molecular weight is 409 g/mol. The lowest BCUT2D eigenvalue weighted by atomic mass is 10.2. The SMILES string of the molecule is CCCCn1c(SCCCOCC(F)(F)F)nc2sc(C)c(C)c2c1=O. The molecule has 2 rings (SSSR count). The van der Waals surface area contributed by atoms with E-state index in [1.54, 1.807) is 4.57 Å². The molecule has 0 bridgehead atoms. The number of thiophene rings is 1. The first-order chi connectivity index (χ1) is 12.2. The highest BCUT2D eigenvalue weighted by atomic mass is 32.2. The third kappa shape index (κ3) is 5.47. The maximum absolute atomic E-state index is 12.9. The van der Waals surface area contributed by atoms with Gasteiger partial charge in [-0.2, -0.15) is 13.2 Å². The summed E-state index contributed by atoms with van der Waals surface area (Å²) in [6, 6.07) is 0. The Bertz CT molecular complexity index is 800. The first-order valence-corrected chi connectivity index (χ1v) is 10.3. The van der Waals surface area contributed by atoms with E-state index in [1.165, 1.54) is 23.1 Å². The molecule has 4 nitrogen and oxygen atoms in total. The summed E-state index contributed by atoms with van der Waals surface area (Å²) in [4.78, 5) is 19.4. The van der Waals surface area contributed by atoms with Crippen molar-refractivity contribution in [2.45, 2.75) is 57.9 Å². The van der Waals surface area contributed by atoms with Gasteiger partial charge in [0.25, 0.3) is 5.56 Å². The van der Waals surface area contributed by atoms with Crippen molar-refractivity contribution in [3.8, 4) is 0 Å². The van der Waals surface area contributed by atoms with E-state index in [0.717, 1.165) is 28.1 Å². The van der Waals surface area contributed by atoms with Gasteiger partial charge in [0, 0.05) is 23.8 Å². The van der Waals surface area contributed by atoms with E-state index in [1.807, 2.05) is 13.8 Å². The zero-order chi connectivity index (χ0) is 19.3. The van der Waals surface area contributed by atoms with Crippen LogP contribution < -0.4 is 5.56 Å². The number of aromatic nitrogens is 2. The number of thioether (sulfide) groups is 1. The lowest BCUT2D eigenvalue weighted by molar-refractivity contribution is -0.173. The number of aryl methyl sites for hydroxylation is 2. The lowest BCUT2D eigenvalue weighted by Crippen LogP contribution is -2.23. The standard InChI is InChI=1S/C17H23F3N2O2S2/c1-4-5-7-22-15(23)13-11(2)12(3)26-14(13)21-16(22)25-9-6-8-24-10-17(18,19)20/h4-10H2,1-3H3. The molecule has 0 amide bonds. The van der Waals surface area contributed by atoms with Gasteiger partial charge in [0.1, 0.15) is 11.4 Å². The highest BCUT2D eigenvalue weighted by Gasteiger charge is 2.27. The summed E-state index contributed by atoms with van der Waals surface area (Å²) in [7, 11) is 0. The molecule has 0 aromatic carbocycles. The number of halogens is 3. The molecule has 0 N–H and O–H groups in total. The number of hydrogen-bond donors (Lipinski definition) is 0. The number of unbranched alkanes of at least 4 members (excludes halogenated alkanes) is 1. The van der Waals surface area contributed by atoms with Gasteiger partial charge in [0.15, 0.2) is 5.16 Å². The van der Waals surface area contributed by atoms with Crippen LogP contribution in [0.2, 0.25) is 0 Å². The Labute approximate surface area is 158 Å². The number of fused-ring (bicyclic) bond motifs is 1. The fourth-order valence-electron chi connectivity index (χ4n) is 2.44. The predicted molar refractivity (Wildman–Crippen MR) is 100 cm³/mol. The molecule has 0 atom stereocenters. The smallest absolute Gasteiger partial charge is 0.372 e. The summed E-state index contributed by atoms with van der Waals surface area (Å²) in [5, 5.41) is 1.31. The zero-order valence-corrected chi connectivity index (χ0v) is 16.7. The van der Waals surface area contributed by atoms with E-state index >= 15 is 0 Å². The monoisotopic (exact) mass is 408 g/mol. The van der Waals surface area contributed by atoms with E-state index in [4.69, 9.17) is 0 Å². The Morgan fingerprint density at radius 1 is 1.27 bits per heavy atom. The Morgan fingerprint density at radius 2 is 2.00 bits per heavy atom. The molecule has 0 aliphatic carbocycles. The number of rotatable bonds is 9. The van der Waals surface area contributed by atoms with Crippen LogP contribution in [0.1, 0.15) is 36.6 Å². The molecular weight excluding hydrogens is 385 g/mol. The van der Waals surface area contributed by atoms with Crippen LogP contribution in [-0.2, 0) is 11.3 Å². The van der Waals surface area contributed by atoms with Crippen molar-refractivity contribution in [2.24, 2.45) is 0 Å². The van der Waals surface area contributed by atoms with E-state index in [-0.39, 0.29) is 12.2 Å². The van der Waals surface area contributed by atoms with Crippen molar-refractivity contribution < 1.29 is 17.9 Å². The van der Waals surface area contributed by atoms with Crippen LogP contribution in [0.5, 0.6) is 0 Å². The van der Waals surface area contributed by atoms with Gasteiger partial charge in [0.2, 0.25) is 0 Å². The highest BCUT2D eigenvalue weighted by Crippen LogP contribution is 2.28. The predicted octanol–water partition coefficient (Wildman–Crippen LogP) is 4.94. The van der Waals surface area contributed by atoms with Crippen molar-refractivity contribution in [1.29, 1.82) is 0 Å². The van der Waals surface area contributed by atoms with Gasteiger partial charge in [-0.05, 0) is 32.3 Å². The first-order valence-electron chi connectivity index (χ1n) is 8.52. The minimum Gasteiger partial charge on any atom is -0.372 e. The van der Waals surface area contributed by atoms with Gasteiger partial charge in [-0.3, -0.25) is 9.36 Å². The maximum atomic E-state index is 12.9. The minimum atomic E-state index is -4.30. The first kappa shape index (κ1) is 21.2. The molecule has 0 aliphatic heterocycles. The van der Waals surface area contributed by atoms with E-state index in [0.29, 0.717) is 29.3 Å². The Hall–Kier alpha value is -1.06. The van der Waals surface area contributed by atoms with Gasteiger partial charge >= 0.3 is 6.18 Å². The molecule has 0 saturated heterocycles. The van der Waals surface area contributed by atoms with Gasteiger partial charge in [-0.25, -0.2) is 4.98 Å². The molecule has 146 valence electrons. The van der Waals surface area contributed by atoms with Gasteiger partial charge in [-0.15, -0.1) is 11.3 Å². The van der Waals surface area contributed by atoms with Crippen molar-refractivity contribution in [2.75, 3.05) is 19.0 Å². The summed E-state index contributed by atoms with van der Waals surface area (Å²) >= 11 is 2.90. The lowest BCUT2D eigenvalue weighted by Gasteiger charge is -2.12. The van der Waals surface area contributed by atoms with Crippen LogP contribution in [0, 0.1) is 13.8 Å². The average Bonchev–Trinajstić information content (AvgIpc) is 2.84. The van der Waals surface area contributed by atoms with Crippen molar-refractivity contribution in [3.05, 3.63) is 20.8 Å². The fraction of sp³-hybridized carbons (Fsp3) is 0.647. The molecule has 2 aromatic rings. The molecule has 9 heteroatoms. The van der Waals surface area contributed by atoms with E-state index < -0.39 is 12.8 Å². The van der Waals surface area contributed by atoms with Crippen LogP contribution in [0.25, 0.3) is 10.2 Å². The normalized spacial score (nSPS) is 12.2. The van der Waals surface area contributed by atoms with Crippen molar-refractivity contribution >= 4 is 33.3 Å². The summed E-state index contributed by atoms with van der Waals surface area (Å²) < 4.78 is 42.5. The van der Waals surface area contributed by atoms with Gasteiger partial charge in [0.05, 0.1) is 5.39 Å². The number of hydrogen-bond acceptors (Lipinski definition) is 5. The molecule has 0 saturated carbocycles. The molecule has 0 radical (unpaired) electrons. The maximum Gasteiger partial charge on any atom is 0.411 e. The number of alkyl halides is 3. The number of nitrogens with zero attached hydrogens (tertiary/aromatic N) is 2. The Morgan fingerprint density at radius 3 is 2.65 bits per heavy atom. The van der Waals surface area contributed by atoms with Crippen LogP contribution in [-0.4, -0.2) is 34.7 Å². The van der Waals surface area contributed by atoms with Crippen LogP contribution >= 0.6 is 23.1 Å². The second-order valence-corrected chi connectivity index (χ2v) is 8.30. The van der Waals surface area contributed by atoms with Crippen molar-refractivity contribution in [3.63, 3.8) is 0 Å². The Kier molecular flexibility index (Phi) is 7.54. The molecule has 0 aliphatic rings. The van der Waals surface area contributed by atoms with Crippen LogP contribution in [0.4, 0.5) is 13.2 Å². The van der Waals surface area contributed by atoms with Gasteiger partial charge in [-0.1, -0.05) is 25.1 Å². The third-order valence-corrected chi connectivity index (χ3v) is 6.08. The summed E-state index contributed by atoms with van der Waals surface area (Å²) in [5.74, 6) is 0.547. The fourth-order valence-corrected chi connectivity index (χ4v) is 4.45. The molecule has 0 fully saturated rings. The van der Waals surface area contributed by atoms with E-state index in [9.17, 15) is 18.0 Å². The quantitative estimate of drug-likeness (QED) is 0.335. The van der Waals surface area contributed by atoms with Crippen LogP contribution in [0.15, 0.2) is 9.95 Å². The summed E-state index contributed by atoms with van der Waals surface area (Å²) in [6.07, 6.45) is -2.00. The zero-order valence-electron chi connectivity index (χ0n) is 15.1. The molecule has 26 heavy (non-hydrogen) atoms. The minimum absolute atomic E-state index is 0.0267. The Balaban J connectivity index is 2.11. The second kappa shape index (κ2) is 9.23.